The highest BCUT2D eigenvalue weighted by atomic mass is 16.4. The Morgan fingerprint density at radius 1 is 1.06 bits per heavy atom. The summed E-state index contributed by atoms with van der Waals surface area (Å²) in [6, 6.07) is 5.03. The molecule has 0 aliphatic heterocycles. The Balaban J connectivity index is 2.61. The van der Waals surface area contributed by atoms with Gasteiger partial charge in [0.05, 0.1) is 12.0 Å². The molecule has 2 aromatic heterocycles. The molecule has 1 aromatic carbocycles. The Hall–Kier alpha value is -2.07. The molecule has 0 atom stereocenters. The molecule has 0 saturated heterocycles. The van der Waals surface area contributed by atoms with Gasteiger partial charge in [0.15, 0.2) is 0 Å². The molecule has 0 fully saturated rings. The molecule has 3 aromatic rings. The molecular weight excluding hydrogens is 232 g/mol. The molecule has 3 rings (SSSR count). The summed E-state index contributed by atoms with van der Waals surface area (Å²) in [4.78, 5) is 11.5. The van der Waals surface area contributed by atoms with Crippen LogP contribution in [0, 0.1) is 13.8 Å². The van der Waals surface area contributed by atoms with E-state index in [1.807, 2.05) is 26.0 Å². The van der Waals surface area contributed by atoms with Gasteiger partial charge in [-0.2, -0.15) is 0 Å². The van der Waals surface area contributed by atoms with Crippen LogP contribution in [0.4, 0.5) is 0 Å². The van der Waals surface area contributed by atoms with E-state index >= 15 is 0 Å². The van der Waals surface area contributed by atoms with E-state index in [1.54, 1.807) is 0 Å². The van der Waals surface area contributed by atoms with Crippen molar-refractivity contribution >= 4 is 21.9 Å². The molecule has 0 radical (unpaired) electrons. The van der Waals surface area contributed by atoms with Gasteiger partial charge in [-0.1, -0.05) is 0 Å². The van der Waals surface area contributed by atoms with E-state index in [9.17, 15) is 9.90 Å². The van der Waals surface area contributed by atoms with Crippen LogP contribution in [0.5, 0.6) is 0 Å². The van der Waals surface area contributed by atoms with Crippen LogP contribution in [-0.4, -0.2) is 5.11 Å². The Bertz CT molecular complexity index is 808. The molecule has 92 valence electrons. The van der Waals surface area contributed by atoms with Crippen molar-refractivity contribution < 1.29 is 13.9 Å². The van der Waals surface area contributed by atoms with Crippen molar-refractivity contribution in [2.45, 2.75) is 20.5 Å². The van der Waals surface area contributed by atoms with E-state index in [0.717, 1.165) is 27.7 Å². The van der Waals surface area contributed by atoms with Crippen LogP contribution >= 0.6 is 0 Å². The first-order valence-electron chi connectivity index (χ1n) is 5.67. The van der Waals surface area contributed by atoms with E-state index in [1.165, 1.54) is 6.07 Å². The summed E-state index contributed by atoms with van der Waals surface area (Å²) >= 11 is 0. The molecule has 1 N–H and O–H groups in total. The van der Waals surface area contributed by atoms with Gasteiger partial charge in [0.1, 0.15) is 16.9 Å². The van der Waals surface area contributed by atoms with Crippen LogP contribution in [0.3, 0.4) is 0 Å². The molecular formula is C14H12O4. The normalized spacial score (nSPS) is 11.5. The SMILES string of the molecule is Cc1cc2c(o1)c(C)cc1c(CO)cc(=O)oc12. The summed E-state index contributed by atoms with van der Waals surface area (Å²) in [5, 5.41) is 10.8. The van der Waals surface area contributed by atoms with E-state index < -0.39 is 5.63 Å². The summed E-state index contributed by atoms with van der Waals surface area (Å²) in [6.07, 6.45) is 0. The summed E-state index contributed by atoms with van der Waals surface area (Å²) in [5.41, 5.74) is 2.26. The third kappa shape index (κ3) is 1.46. The van der Waals surface area contributed by atoms with Gasteiger partial charge in [-0.15, -0.1) is 0 Å². The minimum absolute atomic E-state index is 0.191. The van der Waals surface area contributed by atoms with Crippen molar-refractivity contribution in [3.8, 4) is 0 Å². The standard InChI is InChI=1S/C14H12O4/c1-7-3-10-9(6-15)5-12(16)18-14(10)11-4-8(2)17-13(7)11/h3-5,15H,6H2,1-2H3. The van der Waals surface area contributed by atoms with Crippen molar-refractivity contribution in [2.24, 2.45) is 0 Å². The first kappa shape index (κ1) is 11.0. The van der Waals surface area contributed by atoms with E-state index in [4.69, 9.17) is 8.83 Å². The number of benzene rings is 1. The van der Waals surface area contributed by atoms with Crippen molar-refractivity contribution in [3.05, 3.63) is 45.5 Å². The van der Waals surface area contributed by atoms with Gasteiger partial charge < -0.3 is 13.9 Å². The molecule has 4 nitrogen and oxygen atoms in total. The largest absolute Gasteiger partial charge is 0.461 e. The number of aliphatic hydroxyl groups excluding tert-OH is 1. The zero-order chi connectivity index (χ0) is 12.9. The minimum Gasteiger partial charge on any atom is -0.461 e. The van der Waals surface area contributed by atoms with Gasteiger partial charge in [0.2, 0.25) is 0 Å². The topological polar surface area (TPSA) is 63.6 Å². The highest BCUT2D eigenvalue weighted by Crippen LogP contribution is 2.31. The lowest BCUT2D eigenvalue weighted by molar-refractivity contribution is 0.282. The summed E-state index contributed by atoms with van der Waals surface area (Å²) in [6.45, 7) is 3.58. The first-order valence-corrected chi connectivity index (χ1v) is 5.67. The Morgan fingerprint density at radius 2 is 1.83 bits per heavy atom. The molecule has 0 unspecified atom stereocenters. The maximum atomic E-state index is 11.5. The van der Waals surface area contributed by atoms with Gasteiger partial charge in [-0.3, -0.25) is 0 Å². The van der Waals surface area contributed by atoms with Crippen LogP contribution in [0.25, 0.3) is 21.9 Å². The highest BCUT2D eigenvalue weighted by Gasteiger charge is 2.13. The van der Waals surface area contributed by atoms with Gasteiger partial charge in [-0.25, -0.2) is 4.79 Å². The third-order valence-electron chi connectivity index (χ3n) is 3.07. The average Bonchev–Trinajstić information content (AvgIpc) is 2.72. The second-order valence-corrected chi connectivity index (χ2v) is 4.42. The monoisotopic (exact) mass is 244 g/mol. The Morgan fingerprint density at radius 3 is 2.56 bits per heavy atom. The summed E-state index contributed by atoms with van der Waals surface area (Å²) < 4.78 is 10.9. The zero-order valence-electron chi connectivity index (χ0n) is 10.1. The van der Waals surface area contributed by atoms with Crippen LogP contribution in [-0.2, 0) is 6.61 Å². The van der Waals surface area contributed by atoms with Gasteiger partial charge in [0.25, 0.3) is 0 Å². The van der Waals surface area contributed by atoms with Crippen molar-refractivity contribution in [1.29, 1.82) is 0 Å². The van der Waals surface area contributed by atoms with Gasteiger partial charge in [-0.05, 0) is 37.1 Å². The third-order valence-corrected chi connectivity index (χ3v) is 3.07. The van der Waals surface area contributed by atoms with Gasteiger partial charge in [0, 0.05) is 11.5 Å². The first-order chi connectivity index (χ1) is 8.60. The van der Waals surface area contributed by atoms with Crippen LogP contribution in [0.1, 0.15) is 16.9 Å². The molecule has 0 aliphatic rings. The molecule has 0 amide bonds. The lowest BCUT2D eigenvalue weighted by Crippen LogP contribution is -2.01. The lowest BCUT2D eigenvalue weighted by atomic mass is 10.0. The second kappa shape index (κ2) is 3.71. The maximum absolute atomic E-state index is 11.5. The average molecular weight is 244 g/mol. The van der Waals surface area contributed by atoms with E-state index in [-0.39, 0.29) is 6.61 Å². The summed E-state index contributed by atoms with van der Waals surface area (Å²) in [7, 11) is 0. The molecule has 0 bridgehead atoms. The Kier molecular flexibility index (Phi) is 2.28. The van der Waals surface area contributed by atoms with Crippen LogP contribution in [0.15, 0.2) is 31.8 Å². The maximum Gasteiger partial charge on any atom is 0.336 e. The summed E-state index contributed by atoms with van der Waals surface area (Å²) in [5.74, 6) is 0.762. The van der Waals surface area contributed by atoms with E-state index in [0.29, 0.717) is 11.1 Å². The number of fused-ring (bicyclic) bond motifs is 3. The number of hydrogen-bond donors (Lipinski definition) is 1. The lowest BCUT2D eigenvalue weighted by Gasteiger charge is -2.04. The van der Waals surface area contributed by atoms with Crippen molar-refractivity contribution in [2.75, 3.05) is 0 Å². The Labute approximate surface area is 102 Å². The number of aliphatic hydroxyl groups is 1. The fourth-order valence-corrected chi connectivity index (χ4v) is 2.30. The quantitative estimate of drug-likeness (QED) is 0.668. The van der Waals surface area contributed by atoms with E-state index in [2.05, 4.69) is 0 Å². The predicted molar refractivity (Wildman–Crippen MR) is 67.7 cm³/mol. The predicted octanol–water partition coefficient (Wildman–Crippen LogP) is 2.65. The molecule has 4 heteroatoms. The van der Waals surface area contributed by atoms with Gasteiger partial charge >= 0.3 is 5.63 Å². The molecule has 0 saturated carbocycles. The minimum atomic E-state index is -0.462. The number of aryl methyl sites for hydroxylation is 2. The second-order valence-electron chi connectivity index (χ2n) is 4.42. The highest BCUT2D eigenvalue weighted by molar-refractivity contribution is 6.04. The number of hydrogen-bond acceptors (Lipinski definition) is 4. The molecule has 2 heterocycles. The fourth-order valence-electron chi connectivity index (χ4n) is 2.30. The smallest absolute Gasteiger partial charge is 0.336 e. The molecule has 0 spiro atoms. The van der Waals surface area contributed by atoms with Crippen LogP contribution in [0.2, 0.25) is 0 Å². The number of furan rings is 1. The van der Waals surface area contributed by atoms with Crippen LogP contribution < -0.4 is 5.63 Å². The molecule has 0 aliphatic carbocycles. The van der Waals surface area contributed by atoms with Crippen molar-refractivity contribution in [3.63, 3.8) is 0 Å². The van der Waals surface area contributed by atoms with Crippen molar-refractivity contribution in [1.82, 2.24) is 0 Å². The fraction of sp³-hybridized carbons (Fsp3) is 0.214. The number of rotatable bonds is 1. The zero-order valence-corrected chi connectivity index (χ0v) is 10.1. The molecule has 18 heavy (non-hydrogen) atoms.